The van der Waals surface area contributed by atoms with Crippen LogP contribution in [-0.2, 0) is 9.53 Å². The summed E-state index contributed by atoms with van der Waals surface area (Å²) >= 11 is 0. The Labute approximate surface area is 124 Å². The first-order valence-corrected chi connectivity index (χ1v) is 8.09. The van der Waals surface area contributed by atoms with Crippen molar-refractivity contribution in [3.63, 3.8) is 0 Å². The fraction of sp³-hybridized carbons (Fsp3) is 0.882. The van der Waals surface area contributed by atoms with Gasteiger partial charge in [0.2, 0.25) is 0 Å². The summed E-state index contributed by atoms with van der Waals surface area (Å²) in [6.45, 7) is 8.73. The maximum absolute atomic E-state index is 11.5. The lowest BCUT2D eigenvalue weighted by atomic mass is 9.91. The van der Waals surface area contributed by atoms with Crippen molar-refractivity contribution in [2.24, 2.45) is 11.8 Å². The van der Waals surface area contributed by atoms with Gasteiger partial charge in [-0.25, -0.2) is 0 Å². The predicted molar refractivity (Wildman–Crippen MR) is 82.1 cm³/mol. The molecule has 20 heavy (non-hydrogen) atoms. The molecule has 116 valence electrons. The summed E-state index contributed by atoms with van der Waals surface area (Å²) in [7, 11) is 0. The molecule has 0 aliphatic rings. The Morgan fingerprint density at radius 3 is 2.40 bits per heavy atom. The van der Waals surface area contributed by atoms with E-state index in [-0.39, 0.29) is 18.5 Å². The van der Waals surface area contributed by atoms with Gasteiger partial charge in [0.1, 0.15) is 12.5 Å². The van der Waals surface area contributed by atoms with E-state index in [1.54, 1.807) is 0 Å². The first kappa shape index (κ1) is 19.0. The molecule has 0 bridgehead atoms. The standard InChI is InChI=1S/C17H31NO2/c1-5-7-8-15(6-2)9-10-16(13-14(3)4)20-17(19)11-12-18/h14-16H,5-11,13H2,1-4H3. The number of rotatable bonds is 11. The van der Waals surface area contributed by atoms with Crippen LogP contribution >= 0.6 is 0 Å². The van der Waals surface area contributed by atoms with E-state index in [2.05, 4.69) is 27.7 Å². The maximum Gasteiger partial charge on any atom is 0.320 e. The van der Waals surface area contributed by atoms with E-state index in [0.717, 1.165) is 25.2 Å². The molecule has 0 saturated carbocycles. The van der Waals surface area contributed by atoms with Gasteiger partial charge in [0.15, 0.2) is 0 Å². The van der Waals surface area contributed by atoms with Crippen molar-refractivity contribution in [2.45, 2.75) is 85.2 Å². The molecule has 0 amide bonds. The Balaban J connectivity index is 4.26. The van der Waals surface area contributed by atoms with Gasteiger partial charge in [-0.05, 0) is 31.1 Å². The number of carbonyl (C=O) groups excluding carboxylic acids is 1. The average molecular weight is 281 g/mol. The SMILES string of the molecule is CCCCC(CC)CCC(CC(C)C)OC(=O)CC#N. The fourth-order valence-electron chi connectivity index (χ4n) is 2.51. The highest BCUT2D eigenvalue weighted by Gasteiger charge is 2.18. The Morgan fingerprint density at radius 2 is 1.90 bits per heavy atom. The van der Waals surface area contributed by atoms with Crippen LogP contribution in [-0.4, -0.2) is 12.1 Å². The number of ether oxygens (including phenoxy) is 1. The molecule has 0 aromatic rings. The number of esters is 1. The van der Waals surface area contributed by atoms with Crippen molar-refractivity contribution in [3.8, 4) is 6.07 Å². The van der Waals surface area contributed by atoms with Gasteiger partial charge < -0.3 is 4.74 Å². The van der Waals surface area contributed by atoms with Gasteiger partial charge in [-0.1, -0.05) is 53.4 Å². The molecule has 0 rings (SSSR count). The lowest BCUT2D eigenvalue weighted by Gasteiger charge is -2.22. The van der Waals surface area contributed by atoms with Crippen LogP contribution in [0.5, 0.6) is 0 Å². The maximum atomic E-state index is 11.5. The van der Waals surface area contributed by atoms with Gasteiger partial charge in [0.25, 0.3) is 0 Å². The van der Waals surface area contributed by atoms with Crippen molar-refractivity contribution >= 4 is 5.97 Å². The molecule has 0 spiro atoms. The van der Waals surface area contributed by atoms with Gasteiger partial charge in [-0.2, -0.15) is 5.26 Å². The predicted octanol–water partition coefficient (Wildman–Crippen LogP) is 4.85. The van der Waals surface area contributed by atoms with E-state index in [1.807, 2.05) is 6.07 Å². The molecule has 0 aromatic carbocycles. The first-order chi connectivity index (χ1) is 9.53. The van der Waals surface area contributed by atoms with Crippen molar-refractivity contribution in [1.29, 1.82) is 5.26 Å². The van der Waals surface area contributed by atoms with Crippen molar-refractivity contribution < 1.29 is 9.53 Å². The molecule has 0 radical (unpaired) electrons. The largest absolute Gasteiger partial charge is 0.462 e. The fourth-order valence-corrected chi connectivity index (χ4v) is 2.51. The zero-order valence-corrected chi connectivity index (χ0v) is 13.7. The van der Waals surface area contributed by atoms with Crippen LogP contribution in [0.4, 0.5) is 0 Å². The number of unbranched alkanes of at least 4 members (excludes halogenated alkanes) is 1. The van der Waals surface area contributed by atoms with Crippen LogP contribution in [0.15, 0.2) is 0 Å². The second kappa shape index (κ2) is 11.8. The number of hydrogen-bond acceptors (Lipinski definition) is 3. The average Bonchev–Trinajstić information content (AvgIpc) is 2.38. The molecule has 3 heteroatoms. The molecular formula is C17H31NO2. The van der Waals surface area contributed by atoms with Gasteiger partial charge >= 0.3 is 5.97 Å². The Hall–Kier alpha value is -1.04. The molecule has 0 aliphatic carbocycles. The quantitative estimate of drug-likeness (QED) is 0.508. The topological polar surface area (TPSA) is 50.1 Å². The first-order valence-electron chi connectivity index (χ1n) is 8.09. The lowest BCUT2D eigenvalue weighted by molar-refractivity contribution is -0.149. The summed E-state index contributed by atoms with van der Waals surface area (Å²) in [6, 6.07) is 1.86. The van der Waals surface area contributed by atoms with Gasteiger partial charge in [-0.3, -0.25) is 4.79 Å². The smallest absolute Gasteiger partial charge is 0.320 e. The van der Waals surface area contributed by atoms with Crippen LogP contribution in [0, 0.1) is 23.2 Å². The number of hydrogen-bond donors (Lipinski definition) is 0. The summed E-state index contributed by atoms with van der Waals surface area (Å²) in [6.07, 6.45) is 7.76. The molecule has 0 heterocycles. The van der Waals surface area contributed by atoms with Crippen LogP contribution in [0.25, 0.3) is 0 Å². The molecule has 2 unspecified atom stereocenters. The van der Waals surface area contributed by atoms with Crippen LogP contribution in [0.1, 0.15) is 79.1 Å². The summed E-state index contributed by atoms with van der Waals surface area (Å²) in [5.41, 5.74) is 0. The molecule has 0 fully saturated rings. The number of carbonyl (C=O) groups is 1. The van der Waals surface area contributed by atoms with E-state index in [0.29, 0.717) is 5.92 Å². The van der Waals surface area contributed by atoms with Crippen LogP contribution in [0.3, 0.4) is 0 Å². The third-order valence-corrected chi connectivity index (χ3v) is 3.70. The Morgan fingerprint density at radius 1 is 1.20 bits per heavy atom. The number of nitrogens with zero attached hydrogens (tertiary/aromatic N) is 1. The van der Waals surface area contributed by atoms with Gasteiger partial charge in [-0.15, -0.1) is 0 Å². The Bertz CT molecular complexity index is 294. The minimum absolute atomic E-state index is 0.0217. The molecule has 3 nitrogen and oxygen atoms in total. The zero-order valence-electron chi connectivity index (χ0n) is 13.7. The van der Waals surface area contributed by atoms with Gasteiger partial charge in [0.05, 0.1) is 6.07 Å². The minimum Gasteiger partial charge on any atom is -0.462 e. The number of nitriles is 1. The van der Waals surface area contributed by atoms with Crippen LogP contribution < -0.4 is 0 Å². The Kier molecular flexibility index (Phi) is 11.1. The van der Waals surface area contributed by atoms with E-state index in [4.69, 9.17) is 10.00 Å². The monoisotopic (exact) mass is 281 g/mol. The van der Waals surface area contributed by atoms with Crippen molar-refractivity contribution in [1.82, 2.24) is 0 Å². The van der Waals surface area contributed by atoms with E-state index < -0.39 is 0 Å². The highest BCUT2D eigenvalue weighted by atomic mass is 16.5. The summed E-state index contributed by atoms with van der Waals surface area (Å²) in [5, 5.41) is 8.53. The van der Waals surface area contributed by atoms with Gasteiger partial charge in [0, 0.05) is 0 Å². The van der Waals surface area contributed by atoms with Crippen molar-refractivity contribution in [3.05, 3.63) is 0 Å². The van der Waals surface area contributed by atoms with E-state index in [9.17, 15) is 4.79 Å². The van der Waals surface area contributed by atoms with E-state index >= 15 is 0 Å². The third kappa shape index (κ3) is 9.83. The molecule has 0 aromatic heterocycles. The summed E-state index contributed by atoms with van der Waals surface area (Å²) < 4.78 is 5.44. The molecule has 0 saturated heterocycles. The summed E-state index contributed by atoms with van der Waals surface area (Å²) in [5.74, 6) is 0.865. The highest BCUT2D eigenvalue weighted by Crippen LogP contribution is 2.23. The summed E-state index contributed by atoms with van der Waals surface area (Å²) in [4.78, 5) is 11.5. The molecule has 0 aliphatic heterocycles. The lowest BCUT2D eigenvalue weighted by Crippen LogP contribution is -2.21. The zero-order chi connectivity index (χ0) is 15.4. The van der Waals surface area contributed by atoms with Crippen LogP contribution in [0.2, 0.25) is 0 Å². The van der Waals surface area contributed by atoms with E-state index in [1.165, 1.54) is 25.7 Å². The second-order valence-electron chi connectivity index (χ2n) is 6.07. The molecule has 0 N–H and O–H groups in total. The normalized spacial score (nSPS) is 13.8. The molecule has 2 atom stereocenters. The highest BCUT2D eigenvalue weighted by molar-refractivity contribution is 5.71. The third-order valence-electron chi connectivity index (χ3n) is 3.70. The minimum atomic E-state index is -0.375. The van der Waals surface area contributed by atoms with Crippen molar-refractivity contribution in [2.75, 3.05) is 0 Å². The second-order valence-corrected chi connectivity index (χ2v) is 6.07. The molecular weight excluding hydrogens is 250 g/mol.